The third-order valence-corrected chi connectivity index (χ3v) is 2.83. The van der Waals surface area contributed by atoms with Gasteiger partial charge in [0.2, 0.25) is 0 Å². The lowest BCUT2D eigenvalue weighted by molar-refractivity contribution is -0.116. The van der Waals surface area contributed by atoms with Crippen molar-refractivity contribution in [3.8, 4) is 0 Å². The fourth-order valence-corrected chi connectivity index (χ4v) is 1.95. The van der Waals surface area contributed by atoms with Crippen LogP contribution < -0.4 is 5.01 Å². The third-order valence-electron chi connectivity index (χ3n) is 2.83. The Hall–Kier alpha value is -2.50. The number of carbonyl (C=O) groups is 1. The van der Waals surface area contributed by atoms with Crippen LogP contribution in [0.15, 0.2) is 41.8 Å². The molecule has 0 fully saturated rings. The Labute approximate surface area is 108 Å². The maximum absolute atomic E-state index is 12.8. The largest absolute Gasteiger partial charge is 0.348 e. The van der Waals surface area contributed by atoms with E-state index < -0.39 is 0 Å². The van der Waals surface area contributed by atoms with Crippen LogP contribution in [-0.4, -0.2) is 21.6 Å². The molecule has 6 heteroatoms. The minimum atomic E-state index is -0.338. The number of imidazole rings is 1. The average molecular weight is 258 g/mol. The number of H-pyrrole nitrogens is 1. The van der Waals surface area contributed by atoms with Crippen molar-refractivity contribution in [3.05, 3.63) is 48.3 Å². The van der Waals surface area contributed by atoms with Gasteiger partial charge in [-0.25, -0.2) is 14.4 Å². The number of anilines is 1. The van der Waals surface area contributed by atoms with E-state index in [1.165, 1.54) is 29.3 Å². The fraction of sp³-hybridized carbons (Fsp3) is 0.154. The highest BCUT2D eigenvalue weighted by molar-refractivity contribution is 6.13. The van der Waals surface area contributed by atoms with E-state index in [2.05, 4.69) is 15.1 Å². The van der Waals surface area contributed by atoms with Crippen molar-refractivity contribution >= 4 is 17.3 Å². The van der Waals surface area contributed by atoms with Crippen molar-refractivity contribution in [1.29, 1.82) is 0 Å². The molecular weight excluding hydrogens is 247 g/mol. The lowest BCUT2D eigenvalue weighted by atomic mass is 10.2. The lowest BCUT2D eigenvalue weighted by Crippen LogP contribution is -2.19. The highest BCUT2D eigenvalue weighted by atomic mass is 19.1. The molecule has 1 aromatic carbocycles. The summed E-state index contributed by atoms with van der Waals surface area (Å²) >= 11 is 0. The SMILES string of the molecule is O=C1CC(Cc2ncc[nH]2)=NN1c1ccc(F)cc1. The molecule has 3 rings (SSSR count). The van der Waals surface area contributed by atoms with Crippen molar-refractivity contribution in [2.24, 2.45) is 5.10 Å². The second kappa shape index (κ2) is 4.64. The number of amides is 1. The van der Waals surface area contributed by atoms with Crippen LogP contribution in [0.4, 0.5) is 10.1 Å². The van der Waals surface area contributed by atoms with Crippen LogP contribution in [0.5, 0.6) is 0 Å². The van der Waals surface area contributed by atoms with E-state index in [1.54, 1.807) is 12.4 Å². The zero-order valence-corrected chi connectivity index (χ0v) is 10.0. The average Bonchev–Trinajstić information content (AvgIpc) is 3.01. The zero-order valence-electron chi connectivity index (χ0n) is 10.0. The molecule has 1 amide bonds. The van der Waals surface area contributed by atoms with E-state index in [0.717, 1.165) is 11.5 Å². The zero-order chi connectivity index (χ0) is 13.2. The van der Waals surface area contributed by atoms with Crippen molar-refractivity contribution < 1.29 is 9.18 Å². The van der Waals surface area contributed by atoms with E-state index in [0.29, 0.717) is 12.1 Å². The lowest BCUT2D eigenvalue weighted by Gasteiger charge is -2.10. The number of hydrogen-bond acceptors (Lipinski definition) is 3. The number of carbonyl (C=O) groups excluding carboxylic acids is 1. The summed E-state index contributed by atoms with van der Waals surface area (Å²) in [5, 5.41) is 5.57. The molecule has 0 aliphatic carbocycles. The molecule has 0 bridgehead atoms. The second-order valence-electron chi connectivity index (χ2n) is 4.24. The molecule has 1 aliphatic heterocycles. The first-order valence-electron chi connectivity index (χ1n) is 5.85. The van der Waals surface area contributed by atoms with E-state index in [-0.39, 0.29) is 18.1 Å². The van der Waals surface area contributed by atoms with Crippen LogP contribution in [0.2, 0.25) is 0 Å². The van der Waals surface area contributed by atoms with Gasteiger partial charge in [-0.05, 0) is 24.3 Å². The van der Waals surface area contributed by atoms with Gasteiger partial charge in [0.1, 0.15) is 11.6 Å². The predicted molar refractivity (Wildman–Crippen MR) is 68.2 cm³/mol. The molecule has 0 unspecified atom stereocenters. The van der Waals surface area contributed by atoms with Gasteiger partial charge in [-0.2, -0.15) is 5.10 Å². The van der Waals surface area contributed by atoms with Crippen LogP contribution in [0.25, 0.3) is 0 Å². The Bertz CT molecular complexity index is 619. The summed E-state index contributed by atoms with van der Waals surface area (Å²) < 4.78 is 12.8. The maximum Gasteiger partial charge on any atom is 0.253 e. The van der Waals surface area contributed by atoms with Crippen molar-refractivity contribution in [2.75, 3.05) is 5.01 Å². The first kappa shape index (κ1) is 11.6. The molecule has 0 atom stereocenters. The molecule has 96 valence electrons. The molecule has 2 heterocycles. The van der Waals surface area contributed by atoms with Crippen LogP contribution in [0.3, 0.4) is 0 Å². The van der Waals surface area contributed by atoms with Gasteiger partial charge in [0, 0.05) is 18.8 Å². The number of nitrogens with zero attached hydrogens (tertiary/aromatic N) is 3. The normalized spacial score (nSPS) is 14.9. The number of aromatic nitrogens is 2. The summed E-state index contributed by atoms with van der Waals surface area (Å²) in [4.78, 5) is 19.0. The molecule has 5 nitrogen and oxygen atoms in total. The number of hydrogen-bond donors (Lipinski definition) is 1. The summed E-state index contributed by atoms with van der Waals surface area (Å²) in [6.45, 7) is 0. The maximum atomic E-state index is 12.8. The Morgan fingerprint density at radius 2 is 2.11 bits per heavy atom. The van der Waals surface area contributed by atoms with Gasteiger partial charge in [-0.3, -0.25) is 4.79 Å². The number of aromatic amines is 1. The molecule has 1 aromatic heterocycles. The van der Waals surface area contributed by atoms with Crippen molar-refractivity contribution in [1.82, 2.24) is 9.97 Å². The minimum absolute atomic E-state index is 0.117. The molecule has 2 aromatic rings. The molecule has 0 radical (unpaired) electrons. The summed E-state index contributed by atoms with van der Waals surface area (Å²) in [6.07, 6.45) is 4.16. The number of nitrogens with one attached hydrogen (secondary N) is 1. The Morgan fingerprint density at radius 1 is 1.32 bits per heavy atom. The van der Waals surface area contributed by atoms with Crippen LogP contribution in [0, 0.1) is 5.82 Å². The fourth-order valence-electron chi connectivity index (χ4n) is 1.95. The standard InChI is InChI=1S/C13H11FN4O/c14-9-1-3-11(4-2-9)18-13(19)8-10(17-18)7-12-15-5-6-16-12/h1-6H,7-8H2,(H,15,16). The Balaban J connectivity index is 1.81. The minimum Gasteiger partial charge on any atom is -0.348 e. The van der Waals surface area contributed by atoms with Gasteiger partial charge in [0.25, 0.3) is 5.91 Å². The van der Waals surface area contributed by atoms with Gasteiger partial charge in [-0.15, -0.1) is 0 Å². The van der Waals surface area contributed by atoms with Gasteiger partial charge < -0.3 is 4.98 Å². The van der Waals surface area contributed by atoms with Crippen LogP contribution in [0.1, 0.15) is 12.2 Å². The molecule has 1 N–H and O–H groups in total. The van der Waals surface area contributed by atoms with Gasteiger partial charge >= 0.3 is 0 Å². The van der Waals surface area contributed by atoms with E-state index in [1.807, 2.05) is 0 Å². The molecule has 0 saturated carbocycles. The number of benzene rings is 1. The predicted octanol–water partition coefficient (Wildman–Crippen LogP) is 1.88. The van der Waals surface area contributed by atoms with Gasteiger partial charge in [0.05, 0.1) is 17.8 Å². The van der Waals surface area contributed by atoms with Crippen molar-refractivity contribution in [3.63, 3.8) is 0 Å². The molecule has 0 saturated heterocycles. The molecular formula is C13H11FN4O. The smallest absolute Gasteiger partial charge is 0.253 e. The van der Waals surface area contributed by atoms with Gasteiger partial charge in [-0.1, -0.05) is 0 Å². The number of rotatable bonds is 3. The summed E-state index contributed by atoms with van der Waals surface area (Å²) in [5.41, 5.74) is 1.31. The summed E-state index contributed by atoms with van der Waals surface area (Å²) in [7, 11) is 0. The second-order valence-corrected chi connectivity index (χ2v) is 4.24. The molecule has 1 aliphatic rings. The third kappa shape index (κ3) is 2.37. The molecule has 0 spiro atoms. The first-order chi connectivity index (χ1) is 9.22. The van der Waals surface area contributed by atoms with Gasteiger partial charge in [0.15, 0.2) is 0 Å². The Kier molecular flexibility index (Phi) is 2.83. The highest BCUT2D eigenvalue weighted by Crippen LogP contribution is 2.21. The summed E-state index contributed by atoms with van der Waals surface area (Å²) in [6, 6.07) is 5.68. The van der Waals surface area contributed by atoms with Crippen molar-refractivity contribution in [2.45, 2.75) is 12.8 Å². The number of hydrazone groups is 1. The first-order valence-corrected chi connectivity index (χ1v) is 5.85. The molecule has 19 heavy (non-hydrogen) atoms. The quantitative estimate of drug-likeness (QED) is 0.913. The monoisotopic (exact) mass is 258 g/mol. The van der Waals surface area contributed by atoms with E-state index in [9.17, 15) is 9.18 Å². The number of halogens is 1. The van der Waals surface area contributed by atoms with E-state index in [4.69, 9.17) is 0 Å². The van der Waals surface area contributed by atoms with E-state index >= 15 is 0 Å². The van der Waals surface area contributed by atoms with Crippen LogP contribution >= 0.6 is 0 Å². The topological polar surface area (TPSA) is 61.4 Å². The van der Waals surface area contributed by atoms with Crippen LogP contribution in [-0.2, 0) is 11.2 Å². The Morgan fingerprint density at radius 3 is 2.79 bits per heavy atom. The highest BCUT2D eigenvalue weighted by Gasteiger charge is 2.25. The summed E-state index contributed by atoms with van der Waals surface area (Å²) in [5.74, 6) is 0.316.